The molecule has 0 amide bonds. The van der Waals surface area contributed by atoms with Gasteiger partial charge in [-0.05, 0) is 17.5 Å². The predicted molar refractivity (Wildman–Crippen MR) is 69.3 cm³/mol. The maximum atomic E-state index is 5.55. The van der Waals surface area contributed by atoms with Crippen LogP contribution in [0.4, 0.5) is 0 Å². The molecule has 0 bridgehead atoms. The molecule has 0 aliphatic carbocycles. The van der Waals surface area contributed by atoms with E-state index in [1.165, 1.54) is 10.4 Å². The number of thiophene rings is 1. The number of hydrogen-bond donors (Lipinski definition) is 1. The molecule has 92 valence electrons. The predicted octanol–water partition coefficient (Wildman–Crippen LogP) is 2.69. The van der Waals surface area contributed by atoms with Crippen LogP contribution >= 0.6 is 11.3 Å². The number of hydrogen-bond acceptors (Lipinski definition) is 4. The number of ether oxygens (including phenoxy) is 1. The van der Waals surface area contributed by atoms with E-state index in [0.29, 0.717) is 0 Å². The first-order chi connectivity index (χ1) is 8.45. The zero-order valence-electron chi connectivity index (χ0n) is 9.72. The van der Waals surface area contributed by atoms with Crippen molar-refractivity contribution in [3.05, 3.63) is 46.5 Å². The van der Waals surface area contributed by atoms with Gasteiger partial charge in [-0.25, -0.2) is 0 Å². The first-order valence-corrected chi connectivity index (χ1v) is 6.65. The largest absolute Gasteiger partial charge is 0.472 e. The summed E-state index contributed by atoms with van der Waals surface area (Å²) in [5.74, 6) is 0. The number of furan rings is 1. The molecule has 0 unspecified atom stereocenters. The van der Waals surface area contributed by atoms with Crippen LogP contribution in [0.15, 0.2) is 40.5 Å². The van der Waals surface area contributed by atoms with E-state index in [1.54, 1.807) is 23.9 Å². The first-order valence-electron chi connectivity index (χ1n) is 5.77. The zero-order chi connectivity index (χ0) is 11.8. The highest BCUT2D eigenvalue weighted by molar-refractivity contribution is 7.09. The van der Waals surface area contributed by atoms with Crippen molar-refractivity contribution in [2.75, 3.05) is 19.8 Å². The monoisotopic (exact) mass is 251 g/mol. The molecule has 2 aromatic rings. The van der Waals surface area contributed by atoms with Gasteiger partial charge in [0, 0.05) is 30.0 Å². The average Bonchev–Trinajstić information content (AvgIpc) is 3.00. The Kier molecular flexibility index (Phi) is 5.29. The molecular formula is C13H17NO2S. The fraction of sp³-hybridized carbons (Fsp3) is 0.385. The van der Waals surface area contributed by atoms with Gasteiger partial charge >= 0.3 is 0 Å². The molecule has 2 aromatic heterocycles. The third-order valence-electron chi connectivity index (χ3n) is 2.41. The lowest BCUT2D eigenvalue weighted by molar-refractivity contribution is 0.139. The van der Waals surface area contributed by atoms with Crippen LogP contribution in [0.1, 0.15) is 10.4 Å². The topological polar surface area (TPSA) is 34.4 Å². The summed E-state index contributed by atoms with van der Waals surface area (Å²) >= 11 is 1.78. The Morgan fingerprint density at radius 1 is 1.29 bits per heavy atom. The van der Waals surface area contributed by atoms with Gasteiger partial charge in [0.2, 0.25) is 0 Å². The van der Waals surface area contributed by atoms with E-state index in [9.17, 15) is 0 Å². The third-order valence-corrected chi connectivity index (χ3v) is 3.34. The minimum absolute atomic E-state index is 0.753. The van der Waals surface area contributed by atoms with Gasteiger partial charge in [-0.15, -0.1) is 11.3 Å². The third kappa shape index (κ3) is 4.73. The Labute approximate surface area is 105 Å². The molecule has 17 heavy (non-hydrogen) atoms. The van der Waals surface area contributed by atoms with E-state index in [0.717, 1.165) is 32.7 Å². The van der Waals surface area contributed by atoms with Gasteiger partial charge in [-0.2, -0.15) is 0 Å². The second-order valence-electron chi connectivity index (χ2n) is 3.75. The minimum Gasteiger partial charge on any atom is -0.472 e. The standard InChI is InChI=1S/C13H17NO2S/c1-2-13(17-9-1)4-7-15-8-5-14-10-12-3-6-16-11-12/h1-3,6,9,11,14H,4-5,7-8,10H2. The molecule has 0 aliphatic rings. The second kappa shape index (κ2) is 7.27. The first kappa shape index (κ1) is 12.4. The Bertz CT molecular complexity index is 345. The van der Waals surface area contributed by atoms with Crippen molar-refractivity contribution >= 4 is 11.3 Å². The Morgan fingerprint density at radius 3 is 3.06 bits per heavy atom. The van der Waals surface area contributed by atoms with Crippen molar-refractivity contribution in [3.63, 3.8) is 0 Å². The molecule has 3 nitrogen and oxygen atoms in total. The number of nitrogens with one attached hydrogen (secondary N) is 1. The lowest BCUT2D eigenvalue weighted by Crippen LogP contribution is -2.19. The summed E-state index contributed by atoms with van der Waals surface area (Å²) in [6, 6.07) is 6.18. The Hall–Kier alpha value is -1.10. The van der Waals surface area contributed by atoms with Gasteiger partial charge in [0.05, 0.1) is 25.7 Å². The van der Waals surface area contributed by atoms with E-state index in [2.05, 4.69) is 22.8 Å². The highest BCUT2D eigenvalue weighted by Crippen LogP contribution is 2.08. The molecular weight excluding hydrogens is 234 g/mol. The van der Waals surface area contributed by atoms with Gasteiger partial charge in [-0.1, -0.05) is 6.07 Å². The molecule has 0 spiro atoms. The highest BCUT2D eigenvalue weighted by atomic mass is 32.1. The maximum absolute atomic E-state index is 5.55. The van der Waals surface area contributed by atoms with Crippen LogP contribution in [0.2, 0.25) is 0 Å². The van der Waals surface area contributed by atoms with Gasteiger partial charge in [-0.3, -0.25) is 0 Å². The summed E-state index contributed by atoms with van der Waals surface area (Å²) in [5, 5.41) is 5.40. The normalized spacial score (nSPS) is 10.8. The smallest absolute Gasteiger partial charge is 0.0947 e. The lowest BCUT2D eigenvalue weighted by Gasteiger charge is -2.04. The van der Waals surface area contributed by atoms with Crippen LogP contribution in [0, 0.1) is 0 Å². The minimum atomic E-state index is 0.753. The van der Waals surface area contributed by atoms with Crippen molar-refractivity contribution in [2.45, 2.75) is 13.0 Å². The molecule has 1 N–H and O–H groups in total. The van der Waals surface area contributed by atoms with Crippen LogP contribution in [0.5, 0.6) is 0 Å². The zero-order valence-corrected chi connectivity index (χ0v) is 10.5. The van der Waals surface area contributed by atoms with E-state index in [1.807, 2.05) is 6.07 Å². The van der Waals surface area contributed by atoms with Crippen LogP contribution in [0.3, 0.4) is 0 Å². The Morgan fingerprint density at radius 2 is 2.29 bits per heavy atom. The molecule has 4 heteroatoms. The molecule has 0 radical (unpaired) electrons. The fourth-order valence-corrected chi connectivity index (χ4v) is 2.19. The van der Waals surface area contributed by atoms with Gasteiger partial charge in [0.1, 0.15) is 0 Å². The van der Waals surface area contributed by atoms with Gasteiger partial charge < -0.3 is 14.5 Å². The molecule has 0 saturated carbocycles. The van der Waals surface area contributed by atoms with Crippen molar-refractivity contribution in [2.24, 2.45) is 0 Å². The molecule has 0 atom stereocenters. The highest BCUT2D eigenvalue weighted by Gasteiger charge is 1.95. The van der Waals surface area contributed by atoms with Crippen molar-refractivity contribution in [3.8, 4) is 0 Å². The van der Waals surface area contributed by atoms with Crippen molar-refractivity contribution in [1.82, 2.24) is 5.32 Å². The van der Waals surface area contributed by atoms with Gasteiger partial charge in [0.25, 0.3) is 0 Å². The fourth-order valence-electron chi connectivity index (χ4n) is 1.50. The maximum Gasteiger partial charge on any atom is 0.0947 e. The van der Waals surface area contributed by atoms with Crippen molar-refractivity contribution < 1.29 is 9.15 Å². The summed E-state index contributed by atoms with van der Waals surface area (Å²) in [4.78, 5) is 1.39. The molecule has 2 heterocycles. The summed E-state index contributed by atoms with van der Waals surface area (Å²) < 4.78 is 10.5. The van der Waals surface area contributed by atoms with E-state index < -0.39 is 0 Å². The van der Waals surface area contributed by atoms with Crippen molar-refractivity contribution in [1.29, 1.82) is 0 Å². The van der Waals surface area contributed by atoms with Crippen LogP contribution in [-0.4, -0.2) is 19.8 Å². The van der Waals surface area contributed by atoms with E-state index >= 15 is 0 Å². The van der Waals surface area contributed by atoms with Crippen LogP contribution in [0.25, 0.3) is 0 Å². The summed E-state index contributed by atoms with van der Waals surface area (Å²) in [6.45, 7) is 3.26. The summed E-state index contributed by atoms with van der Waals surface area (Å²) in [7, 11) is 0. The SMILES string of the molecule is c1csc(CCOCCNCc2ccoc2)c1. The van der Waals surface area contributed by atoms with Crippen LogP contribution < -0.4 is 5.32 Å². The van der Waals surface area contributed by atoms with Gasteiger partial charge in [0.15, 0.2) is 0 Å². The Balaban J connectivity index is 1.44. The number of rotatable bonds is 8. The molecule has 0 aromatic carbocycles. The van der Waals surface area contributed by atoms with E-state index in [4.69, 9.17) is 9.15 Å². The quantitative estimate of drug-likeness (QED) is 0.732. The molecule has 0 saturated heterocycles. The average molecular weight is 251 g/mol. The molecule has 0 aliphatic heterocycles. The molecule has 0 fully saturated rings. The second-order valence-corrected chi connectivity index (χ2v) is 4.78. The summed E-state index contributed by atoms with van der Waals surface area (Å²) in [6.07, 6.45) is 4.46. The van der Waals surface area contributed by atoms with Crippen LogP contribution in [-0.2, 0) is 17.7 Å². The summed E-state index contributed by atoms with van der Waals surface area (Å²) in [5.41, 5.74) is 1.17. The molecule has 2 rings (SSSR count). The van der Waals surface area contributed by atoms with E-state index in [-0.39, 0.29) is 0 Å². The lowest BCUT2D eigenvalue weighted by atomic mass is 10.3.